The van der Waals surface area contributed by atoms with Gasteiger partial charge in [0.2, 0.25) is 0 Å². The minimum atomic E-state index is -1.08. The summed E-state index contributed by atoms with van der Waals surface area (Å²) in [6.07, 6.45) is 2.60. The SMILES string of the molecule is O=C([O-])CCOc1ccc(C[NH+]2CCCC2)cc1. The number of hydrogen-bond acceptors (Lipinski definition) is 3. The van der Waals surface area contributed by atoms with E-state index in [4.69, 9.17) is 4.74 Å². The highest BCUT2D eigenvalue weighted by molar-refractivity contribution is 5.64. The van der Waals surface area contributed by atoms with Crippen molar-refractivity contribution in [1.82, 2.24) is 0 Å². The summed E-state index contributed by atoms with van der Waals surface area (Å²) in [7, 11) is 0. The van der Waals surface area contributed by atoms with E-state index in [0.717, 1.165) is 12.3 Å². The van der Waals surface area contributed by atoms with Crippen molar-refractivity contribution in [1.29, 1.82) is 0 Å². The highest BCUT2D eigenvalue weighted by Gasteiger charge is 2.15. The van der Waals surface area contributed by atoms with Crippen LogP contribution in [0, 0.1) is 0 Å². The lowest BCUT2D eigenvalue weighted by Gasteiger charge is -2.12. The number of ether oxygens (including phenoxy) is 1. The van der Waals surface area contributed by atoms with E-state index in [9.17, 15) is 9.90 Å². The van der Waals surface area contributed by atoms with E-state index in [2.05, 4.69) is 12.1 Å². The second kappa shape index (κ2) is 6.40. The molecule has 1 N–H and O–H groups in total. The Balaban J connectivity index is 1.79. The molecule has 1 fully saturated rings. The van der Waals surface area contributed by atoms with Gasteiger partial charge in [-0.2, -0.15) is 0 Å². The van der Waals surface area contributed by atoms with E-state index in [1.165, 1.54) is 31.5 Å². The van der Waals surface area contributed by atoms with Crippen LogP contribution in [0.3, 0.4) is 0 Å². The van der Waals surface area contributed by atoms with Crippen molar-refractivity contribution in [2.75, 3.05) is 19.7 Å². The number of hydrogen-bond donors (Lipinski definition) is 1. The molecule has 0 aliphatic carbocycles. The lowest BCUT2D eigenvalue weighted by atomic mass is 10.2. The number of carboxylic acid groups (broad SMARTS) is 1. The van der Waals surface area contributed by atoms with Crippen molar-refractivity contribution < 1.29 is 19.5 Å². The number of rotatable bonds is 6. The normalized spacial score (nSPS) is 15.8. The Morgan fingerprint density at radius 3 is 2.50 bits per heavy atom. The summed E-state index contributed by atoms with van der Waals surface area (Å²) < 4.78 is 5.31. The zero-order chi connectivity index (χ0) is 12.8. The van der Waals surface area contributed by atoms with Gasteiger partial charge in [-0.3, -0.25) is 0 Å². The van der Waals surface area contributed by atoms with Gasteiger partial charge in [0, 0.05) is 30.8 Å². The predicted molar refractivity (Wildman–Crippen MR) is 65.2 cm³/mol. The van der Waals surface area contributed by atoms with Crippen LogP contribution in [-0.2, 0) is 11.3 Å². The molecule has 18 heavy (non-hydrogen) atoms. The van der Waals surface area contributed by atoms with Crippen molar-refractivity contribution in [3.63, 3.8) is 0 Å². The Morgan fingerprint density at radius 2 is 1.89 bits per heavy atom. The molecule has 0 bridgehead atoms. The topological polar surface area (TPSA) is 53.8 Å². The van der Waals surface area contributed by atoms with E-state index in [-0.39, 0.29) is 13.0 Å². The highest BCUT2D eigenvalue weighted by atomic mass is 16.5. The number of aliphatic carboxylic acids is 1. The molecule has 1 aliphatic heterocycles. The predicted octanol–water partition coefficient (Wildman–Crippen LogP) is -0.616. The molecule has 98 valence electrons. The number of carbonyl (C=O) groups excluding carboxylic acids is 1. The third kappa shape index (κ3) is 4.04. The molecule has 1 aromatic rings. The lowest BCUT2D eigenvalue weighted by molar-refractivity contribution is -0.901. The second-order valence-electron chi connectivity index (χ2n) is 4.75. The van der Waals surface area contributed by atoms with Gasteiger partial charge >= 0.3 is 0 Å². The average molecular weight is 249 g/mol. The fraction of sp³-hybridized carbons (Fsp3) is 0.500. The molecule has 1 aromatic carbocycles. The zero-order valence-electron chi connectivity index (χ0n) is 10.5. The molecule has 2 rings (SSSR count). The largest absolute Gasteiger partial charge is 0.550 e. The quantitative estimate of drug-likeness (QED) is 0.731. The second-order valence-corrected chi connectivity index (χ2v) is 4.75. The molecule has 0 unspecified atom stereocenters. The summed E-state index contributed by atoms with van der Waals surface area (Å²) in [5, 5.41) is 10.2. The van der Waals surface area contributed by atoms with Crippen molar-refractivity contribution in [3.05, 3.63) is 29.8 Å². The van der Waals surface area contributed by atoms with Gasteiger partial charge in [0.05, 0.1) is 19.7 Å². The number of carboxylic acids is 1. The fourth-order valence-electron chi connectivity index (χ4n) is 2.30. The van der Waals surface area contributed by atoms with Crippen LogP contribution in [0.15, 0.2) is 24.3 Å². The maximum atomic E-state index is 10.2. The number of quaternary nitrogens is 1. The number of benzene rings is 1. The van der Waals surface area contributed by atoms with Gasteiger partial charge < -0.3 is 19.5 Å². The summed E-state index contributed by atoms with van der Waals surface area (Å²) in [5.41, 5.74) is 1.30. The monoisotopic (exact) mass is 249 g/mol. The first-order chi connectivity index (χ1) is 8.74. The minimum absolute atomic E-state index is 0.0698. The summed E-state index contributed by atoms with van der Waals surface area (Å²) in [6.45, 7) is 3.77. The van der Waals surface area contributed by atoms with Gasteiger partial charge in [-0.15, -0.1) is 0 Å². The number of carbonyl (C=O) groups is 1. The Bertz CT molecular complexity index is 383. The van der Waals surface area contributed by atoms with Gasteiger partial charge in [-0.1, -0.05) is 0 Å². The van der Waals surface area contributed by atoms with Gasteiger partial charge in [0.15, 0.2) is 0 Å². The molecule has 1 aliphatic rings. The third-order valence-corrected chi connectivity index (χ3v) is 3.26. The molecule has 0 atom stereocenters. The molecular weight excluding hydrogens is 230 g/mol. The van der Waals surface area contributed by atoms with Gasteiger partial charge in [-0.05, 0) is 24.3 Å². The van der Waals surface area contributed by atoms with Crippen molar-refractivity contribution >= 4 is 5.97 Å². The third-order valence-electron chi connectivity index (χ3n) is 3.26. The minimum Gasteiger partial charge on any atom is -0.550 e. The van der Waals surface area contributed by atoms with Crippen LogP contribution < -0.4 is 14.7 Å². The van der Waals surface area contributed by atoms with E-state index in [0.29, 0.717) is 0 Å². The van der Waals surface area contributed by atoms with Crippen LogP contribution in [0.1, 0.15) is 24.8 Å². The first-order valence-electron chi connectivity index (χ1n) is 6.49. The Morgan fingerprint density at radius 1 is 1.22 bits per heavy atom. The van der Waals surface area contributed by atoms with Crippen molar-refractivity contribution in [2.45, 2.75) is 25.8 Å². The van der Waals surface area contributed by atoms with E-state index < -0.39 is 5.97 Å². The maximum absolute atomic E-state index is 10.2. The van der Waals surface area contributed by atoms with Crippen LogP contribution in [0.2, 0.25) is 0 Å². The van der Waals surface area contributed by atoms with Gasteiger partial charge in [0.25, 0.3) is 0 Å². The van der Waals surface area contributed by atoms with Crippen LogP contribution in [0.5, 0.6) is 5.75 Å². The molecule has 1 saturated heterocycles. The average Bonchev–Trinajstić information content (AvgIpc) is 2.84. The Hall–Kier alpha value is -1.55. The molecule has 0 amide bonds. The Labute approximate surface area is 107 Å². The summed E-state index contributed by atoms with van der Waals surface area (Å²) >= 11 is 0. The summed E-state index contributed by atoms with van der Waals surface area (Å²) in [4.78, 5) is 11.9. The molecule has 4 nitrogen and oxygen atoms in total. The first-order valence-corrected chi connectivity index (χ1v) is 6.49. The van der Waals surface area contributed by atoms with Crippen molar-refractivity contribution in [3.8, 4) is 5.75 Å². The summed E-state index contributed by atoms with van der Waals surface area (Å²) in [5.74, 6) is -0.360. The summed E-state index contributed by atoms with van der Waals surface area (Å²) in [6, 6.07) is 7.92. The molecule has 0 radical (unpaired) electrons. The molecule has 0 spiro atoms. The lowest BCUT2D eigenvalue weighted by Crippen LogP contribution is -3.08. The molecule has 1 heterocycles. The van der Waals surface area contributed by atoms with Crippen LogP contribution >= 0.6 is 0 Å². The smallest absolute Gasteiger partial charge is 0.119 e. The molecular formula is C14H19NO3. The van der Waals surface area contributed by atoms with E-state index in [1.54, 1.807) is 4.90 Å². The highest BCUT2D eigenvalue weighted by Crippen LogP contribution is 2.12. The van der Waals surface area contributed by atoms with Crippen molar-refractivity contribution in [2.24, 2.45) is 0 Å². The molecule has 0 saturated carbocycles. The van der Waals surface area contributed by atoms with Crippen LogP contribution in [0.4, 0.5) is 0 Å². The van der Waals surface area contributed by atoms with Crippen LogP contribution in [0.25, 0.3) is 0 Å². The number of nitrogens with one attached hydrogen (secondary N) is 1. The van der Waals surface area contributed by atoms with E-state index in [1.807, 2.05) is 12.1 Å². The van der Waals surface area contributed by atoms with Crippen LogP contribution in [-0.4, -0.2) is 25.7 Å². The van der Waals surface area contributed by atoms with Gasteiger partial charge in [-0.25, -0.2) is 0 Å². The fourth-order valence-corrected chi connectivity index (χ4v) is 2.30. The Kier molecular flexibility index (Phi) is 4.59. The number of likely N-dealkylation sites (tertiary alicyclic amines) is 1. The van der Waals surface area contributed by atoms with E-state index >= 15 is 0 Å². The molecule has 4 heteroatoms. The molecule has 0 aromatic heterocycles. The maximum Gasteiger partial charge on any atom is 0.119 e. The first kappa shape index (κ1) is 12.9. The van der Waals surface area contributed by atoms with Gasteiger partial charge in [0.1, 0.15) is 12.3 Å². The standard InChI is InChI=1S/C14H19NO3/c16-14(17)7-10-18-13-5-3-12(4-6-13)11-15-8-1-2-9-15/h3-6H,1-2,7-11H2,(H,16,17). The zero-order valence-corrected chi connectivity index (χ0v) is 10.5.